The van der Waals surface area contributed by atoms with Gasteiger partial charge in [0.15, 0.2) is 5.78 Å². The zero-order valence-corrected chi connectivity index (χ0v) is 19.7. The highest BCUT2D eigenvalue weighted by atomic mass is 16.3. The predicted octanol–water partition coefficient (Wildman–Crippen LogP) is 4.76. The van der Waals surface area contributed by atoms with Crippen LogP contribution in [0, 0.1) is 17.8 Å². The molecule has 0 spiro atoms. The summed E-state index contributed by atoms with van der Waals surface area (Å²) in [6.07, 6.45) is 5.96. The average Bonchev–Trinajstić information content (AvgIpc) is 2.69. The molecular weight excluding hydrogens is 364 g/mol. The van der Waals surface area contributed by atoms with Crippen LogP contribution in [0.5, 0.6) is 0 Å². The Kier molecular flexibility index (Phi) is 12.3. The standard InChI is InChI=1S/C25H42O4/c1-10-15(3)23(27)18(6)13-19(7)25(29)21(9)14-20(8)24(28)17(5)12-16(4)22(26)11-2/h10,12-14,17-18,21,23-25,27-29H,11H2,1-9H3. The van der Waals surface area contributed by atoms with Gasteiger partial charge in [-0.3, -0.25) is 4.79 Å². The van der Waals surface area contributed by atoms with Gasteiger partial charge in [0.05, 0.1) is 18.3 Å². The Labute approximate surface area is 177 Å². The van der Waals surface area contributed by atoms with Crippen molar-refractivity contribution in [3.8, 4) is 0 Å². The summed E-state index contributed by atoms with van der Waals surface area (Å²) in [6, 6.07) is 0. The van der Waals surface area contributed by atoms with Crippen LogP contribution in [0.3, 0.4) is 0 Å². The molecular formula is C25H42O4. The van der Waals surface area contributed by atoms with Crippen molar-refractivity contribution in [2.75, 3.05) is 0 Å². The third-order valence-electron chi connectivity index (χ3n) is 5.67. The van der Waals surface area contributed by atoms with Gasteiger partial charge in [0.25, 0.3) is 0 Å². The van der Waals surface area contributed by atoms with Crippen LogP contribution < -0.4 is 0 Å². The lowest BCUT2D eigenvalue weighted by atomic mass is 9.88. The van der Waals surface area contributed by atoms with E-state index in [4.69, 9.17) is 0 Å². The van der Waals surface area contributed by atoms with Crippen LogP contribution in [-0.4, -0.2) is 39.4 Å². The molecule has 0 aromatic heterocycles. The van der Waals surface area contributed by atoms with E-state index in [1.807, 2.05) is 79.7 Å². The molecule has 0 aliphatic rings. The zero-order chi connectivity index (χ0) is 22.9. The lowest BCUT2D eigenvalue weighted by molar-refractivity contribution is -0.115. The van der Waals surface area contributed by atoms with Crippen LogP contribution in [0.15, 0.2) is 46.6 Å². The molecule has 4 heteroatoms. The van der Waals surface area contributed by atoms with Gasteiger partial charge >= 0.3 is 0 Å². The van der Waals surface area contributed by atoms with Crippen molar-refractivity contribution < 1.29 is 20.1 Å². The number of Topliss-reactive ketones (excluding diaryl/α,β-unsaturated/α-hetero) is 1. The van der Waals surface area contributed by atoms with Crippen LogP contribution in [0.1, 0.15) is 68.7 Å². The molecule has 0 aliphatic carbocycles. The first-order valence-electron chi connectivity index (χ1n) is 10.6. The Morgan fingerprint density at radius 2 is 1.07 bits per heavy atom. The second kappa shape index (κ2) is 12.9. The normalized spacial score (nSPS) is 20.7. The molecule has 0 radical (unpaired) electrons. The summed E-state index contributed by atoms with van der Waals surface area (Å²) in [5.74, 6) is -0.406. The van der Waals surface area contributed by atoms with Gasteiger partial charge in [-0.1, -0.05) is 52.0 Å². The number of rotatable bonds is 11. The minimum Gasteiger partial charge on any atom is -0.388 e. The van der Waals surface area contributed by atoms with E-state index >= 15 is 0 Å². The maximum atomic E-state index is 11.8. The van der Waals surface area contributed by atoms with Gasteiger partial charge in [0.1, 0.15) is 0 Å². The molecule has 0 saturated carbocycles. The lowest BCUT2D eigenvalue weighted by Gasteiger charge is -2.23. The number of hydrogen-bond donors (Lipinski definition) is 3. The number of allylic oxidation sites excluding steroid dienone is 2. The van der Waals surface area contributed by atoms with E-state index in [-0.39, 0.29) is 23.5 Å². The molecule has 0 aromatic carbocycles. The van der Waals surface area contributed by atoms with E-state index in [1.54, 1.807) is 6.92 Å². The summed E-state index contributed by atoms with van der Waals surface area (Å²) in [7, 11) is 0. The van der Waals surface area contributed by atoms with E-state index in [2.05, 4.69) is 0 Å². The van der Waals surface area contributed by atoms with Crippen molar-refractivity contribution in [1.29, 1.82) is 0 Å². The monoisotopic (exact) mass is 406 g/mol. The molecule has 0 amide bonds. The fraction of sp³-hybridized carbons (Fsp3) is 0.640. The SMILES string of the molecule is CC=C(C)C(O)C(C)C=C(C)C(O)C(C)C=C(C)C(O)C(C)C=C(C)C(=O)CC. The van der Waals surface area contributed by atoms with Crippen LogP contribution in [0.2, 0.25) is 0 Å². The van der Waals surface area contributed by atoms with Crippen molar-refractivity contribution >= 4 is 5.78 Å². The number of ketones is 1. The number of carbonyl (C=O) groups excluding carboxylic acids is 1. The molecule has 0 heterocycles. The quantitative estimate of drug-likeness (QED) is 0.341. The first kappa shape index (κ1) is 27.5. The van der Waals surface area contributed by atoms with E-state index < -0.39 is 18.3 Å². The average molecular weight is 407 g/mol. The zero-order valence-electron chi connectivity index (χ0n) is 19.7. The summed E-state index contributed by atoms with van der Waals surface area (Å²) in [5, 5.41) is 31.6. The van der Waals surface area contributed by atoms with Crippen LogP contribution in [0.25, 0.3) is 0 Å². The highest BCUT2D eigenvalue weighted by Crippen LogP contribution is 2.23. The second-order valence-electron chi connectivity index (χ2n) is 8.39. The fourth-order valence-electron chi connectivity index (χ4n) is 3.48. The van der Waals surface area contributed by atoms with E-state index in [9.17, 15) is 20.1 Å². The topological polar surface area (TPSA) is 77.8 Å². The largest absolute Gasteiger partial charge is 0.388 e. The molecule has 6 unspecified atom stereocenters. The number of aliphatic hydroxyl groups excluding tert-OH is 3. The summed E-state index contributed by atoms with van der Waals surface area (Å²) in [5.41, 5.74) is 3.14. The first-order valence-corrected chi connectivity index (χ1v) is 10.6. The van der Waals surface area contributed by atoms with E-state index in [0.717, 1.165) is 16.7 Å². The van der Waals surface area contributed by atoms with Gasteiger partial charge < -0.3 is 15.3 Å². The van der Waals surface area contributed by atoms with Gasteiger partial charge in [-0.05, 0) is 56.9 Å². The molecule has 0 aromatic rings. The Morgan fingerprint density at radius 1 is 0.724 bits per heavy atom. The van der Waals surface area contributed by atoms with Crippen molar-refractivity contribution in [2.24, 2.45) is 17.8 Å². The molecule has 29 heavy (non-hydrogen) atoms. The third-order valence-corrected chi connectivity index (χ3v) is 5.67. The van der Waals surface area contributed by atoms with E-state index in [1.165, 1.54) is 0 Å². The Bertz CT molecular complexity index is 654. The maximum Gasteiger partial charge on any atom is 0.157 e. The molecule has 0 saturated heterocycles. The summed E-state index contributed by atoms with van der Waals surface area (Å²) in [6.45, 7) is 16.8. The van der Waals surface area contributed by atoms with Crippen molar-refractivity contribution in [3.63, 3.8) is 0 Å². The summed E-state index contributed by atoms with van der Waals surface area (Å²) >= 11 is 0. The Balaban J connectivity index is 5.26. The van der Waals surface area contributed by atoms with Crippen molar-refractivity contribution in [3.05, 3.63) is 46.6 Å². The number of carbonyl (C=O) groups is 1. The molecule has 166 valence electrons. The minimum atomic E-state index is -0.716. The second-order valence-corrected chi connectivity index (χ2v) is 8.39. The highest BCUT2D eigenvalue weighted by Gasteiger charge is 2.21. The minimum absolute atomic E-state index is 0.0831. The van der Waals surface area contributed by atoms with Crippen LogP contribution in [0.4, 0.5) is 0 Å². The summed E-state index contributed by atoms with van der Waals surface area (Å²) in [4.78, 5) is 11.8. The third kappa shape index (κ3) is 8.81. The smallest absolute Gasteiger partial charge is 0.157 e. The first-order chi connectivity index (χ1) is 13.4. The van der Waals surface area contributed by atoms with Crippen molar-refractivity contribution in [1.82, 2.24) is 0 Å². The molecule has 0 aliphatic heterocycles. The van der Waals surface area contributed by atoms with Crippen LogP contribution in [-0.2, 0) is 4.79 Å². The number of hydrogen-bond acceptors (Lipinski definition) is 4. The van der Waals surface area contributed by atoms with Crippen molar-refractivity contribution in [2.45, 2.75) is 87.0 Å². The van der Waals surface area contributed by atoms with Gasteiger partial charge in [-0.25, -0.2) is 0 Å². The Morgan fingerprint density at radius 3 is 1.41 bits per heavy atom. The van der Waals surface area contributed by atoms with Gasteiger partial charge in [-0.2, -0.15) is 0 Å². The fourth-order valence-corrected chi connectivity index (χ4v) is 3.48. The summed E-state index contributed by atoms with van der Waals surface area (Å²) < 4.78 is 0. The molecule has 6 atom stereocenters. The lowest BCUT2D eigenvalue weighted by Crippen LogP contribution is -2.23. The molecule has 3 N–H and O–H groups in total. The molecule has 0 bridgehead atoms. The van der Waals surface area contributed by atoms with E-state index in [0.29, 0.717) is 12.0 Å². The predicted molar refractivity (Wildman–Crippen MR) is 122 cm³/mol. The van der Waals surface area contributed by atoms with Crippen LogP contribution >= 0.6 is 0 Å². The maximum absolute atomic E-state index is 11.8. The molecule has 0 fully saturated rings. The molecule has 0 rings (SSSR count). The van der Waals surface area contributed by atoms with Gasteiger partial charge in [0.2, 0.25) is 0 Å². The van der Waals surface area contributed by atoms with Gasteiger partial charge in [0, 0.05) is 24.2 Å². The Hall–Kier alpha value is -1.49. The molecule has 4 nitrogen and oxygen atoms in total. The number of aliphatic hydroxyl groups is 3. The van der Waals surface area contributed by atoms with Gasteiger partial charge in [-0.15, -0.1) is 0 Å². The highest BCUT2D eigenvalue weighted by molar-refractivity contribution is 5.94.